The quantitative estimate of drug-likeness (QED) is 0.917. The summed E-state index contributed by atoms with van der Waals surface area (Å²) in [6.45, 7) is 8.76. The first kappa shape index (κ1) is 14.5. The molecule has 20 heavy (non-hydrogen) atoms. The maximum atomic E-state index is 5.88. The van der Waals surface area contributed by atoms with E-state index < -0.39 is 0 Å². The van der Waals surface area contributed by atoms with E-state index >= 15 is 0 Å². The largest absolute Gasteiger partial charge is 0.384 e. The first-order chi connectivity index (χ1) is 9.40. The van der Waals surface area contributed by atoms with E-state index in [9.17, 15) is 0 Å². The first-order valence-electron chi connectivity index (χ1n) is 7.14. The lowest BCUT2D eigenvalue weighted by Gasteiger charge is -2.19. The third-order valence-corrected chi connectivity index (χ3v) is 3.31. The molecule has 3 nitrogen and oxygen atoms in total. The van der Waals surface area contributed by atoms with Crippen LogP contribution in [-0.2, 0) is 11.8 Å². The highest BCUT2D eigenvalue weighted by molar-refractivity contribution is 5.57. The number of hydrogen-bond acceptors (Lipinski definition) is 3. The normalized spacial score (nSPS) is 11.6. The molecule has 0 aliphatic rings. The summed E-state index contributed by atoms with van der Waals surface area (Å²) in [7, 11) is 0. The fourth-order valence-corrected chi connectivity index (χ4v) is 2.15. The van der Waals surface area contributed by atoms with Gasteiger partial charge in [0, 0.05) is 17.3 Å². The van der Waals surface area contributed by atoms with Crippen molar-refractivity contribution in [1.29, 1.82) is 0 Å². The summed E-state index contributed by atoms with van der Waals surface area (Å²) in [4.78, 5) is 8.94. The van der Waals surface area contributed by atoms with Gasteiger partial charge < -0.3 is 5.73 Å². The lowest BCUT2D eigenvalue weighted by atomic mass is 9.87. The van der Waals surface area contributed by atoms with Crippen molar-refractivity contribution in [2.75, 3.05) is 5.73 Å². The minimum Gasteiger partial charge on any atom is -0.384 e. The van der Waals surface area contributed by atoms with Crippen LogP contribution in [0.3, 0.4) is 0 Å². The van der Waals surface area contributed by atoms with Crippen molar-refractivity contribution in [1.82, 2.24) is 9.97 Å². The highest BCUT2D eigenvalue weighted by Crippen LogP contribution is 2.25. The molecule has 0 unspecified atom stereocenters. The van der Waals surface area contributed by atoms with Crippen molar-refractivity contribution >= 4 is 5.82 Å². The van der Waals surface area contributed by atoms with Gasteiger partial charge in [0.2, 0.25) is 0 Å². The molecule has 0 spiro atoms. The Morgan fingerprint density at radius 1 is 1.05 bits per heavy atom. The molecule has 3 heteroatoms. The van der Waals surface area contributed by atoms with Crippen molar-refractivity contribution in [2.45, 2.75) is 46.0 Å². The third kappa shape index (κ3) is 3.35. The minimum absolute atomic E-state index is 0.155. The van der Waals surface area contributed by atoms with Crippen LogP contribution in [-0.4, -0.2) is 9.97 Å². The van der Waals surface area contributed by atoms with Gasteiger partial charge in [-0.15, -0.1) is 0 Å². The molecule has 1 heterocycles. The van der Waals surface area contributed by atoms with Gasteiger partial charge in [-0.3, -0.25) is 0 Å². The van der Waals surface area contributed by atoms with Crippen LogP contribution in [0.1, 0.15) is 45.4 Å². The van der Waals surface area contributed by atoms with Crippen molar-refractivity contribution in [2.24, 2.45) is 0 Å². The molecular formula is C17H23N3. The highest BCUT2D eigenvalue weighted by Gasteiger charge is 2.13. The Labute approximate surface area is 121 Å². The van der Waals surface area contributed by atoms with E-state index in [-0.39, 0.29) is 5.41 Å². The monoisotopic (exact) mass is 269 g/mol. The fraction of sp³-hybridized carbons (Fsp3) is 0.412. The number of aryl methyl sites for hydroxylation is 1. The molecule has 2 rings (SSSR count). The molecule has 2 aromatic rings. The van der Waals surface area contributed by atoms with Gasteiger partial charge in [-0.05, 0) is 17.4 Å². The molecule has 0 atom stereocenters. The van der Waals surface area contributed by atoms with Crippen molar-refractivity contribution < 1.29 is 0 Å². The number of rotatable bonds is 3. The summed E-state index contributed by atoms with van der Waals surface area (Å²) in [6.07, 6.45) is 1.98. The predicted octanol–water partition coefficient (Wildman–Crippen LogP) is 3.98. The van der Waals surface area contributed by atoms with E-state index in [0.717, 1.165) is 24.1 Å². The van der Waals surface area contributed by atoms with Crippen LogP contribution < -0.4 is 5.73 Å². The summed E-state index contributed by atoms with van der Waals surface area (Å²) in [5, 5.41) is 0. The van der Waals surface area contributed by atoms with Gasteiger partial charge in [0.15, 0.2) is 5.82 Å². The SMILES string of the molecule is CCCc1cc(N)nc(-c2ccc(C(C)(C)C)cc2)n1. The number of anilines is 1. The Balaban J connectivity index is 2.36. The molecule has 0 aliphatic carbocycles. The molecule has 1 aromatic heterocycles. The predicted molar refractivity (Wildman–Crippen MR) is 84.6 cm³/mol. The fourth-order valence-electron chi connectivity index (χ4n) is 2.15. The first-order valence-corrected chi connectivity index (χ1v) is 7.14. The molecule has 2 N–H and O–H groups in total. The third-order valence-electron chi connectivity index (χ3n) is 3.31. The van der Waals surface area contributed by atoms with Gasteiger partial charge in [-0.1, -0.05) is 58.4 Å². The van der Waals surface area contributed by atoms with Gasteiger partial charge >= 0.3 is 0 Å². The van der Waals surface area contributed by atoms with Gasteiger partial charge in [0.1, 0.15) is 5.82 Å². The minimum atomic E-state index is 0.155. The molecular weight excluding hydrogens is 246 g/mol. The van der Waals surface area contributed by atoms with Gasteiger partial charge in [-0.25, -0.2) is 9.97 Å². The molecule has 0 aliphatic heterocycles. The zero-order valence-electron chi connectivity index (χ0n) is 12.8. The summed E-state index contributed by atoms with van der Waals surface area (Å²) >= 11 is 0. The summed E-state index contributed by atoms with van der Waals surface area (Å²) in [5.74, 6) is 1.26. The van der Waals surface area contributed by atoms with Crippen molar-refractivity contribution in [3.05, 3.63) is 41.6 Å². The lowest BCUT2D eigenvalue weighted by Crippen LogP contribution is -2.10. The lowest BCUT2D eigenvalue weighted by molar-refractivity contribution is 0.590. The van der Waals surface area contributed by atoms with E-state index in [0.29, 0.717) is 11.6 Å². The Hall–Kier alpha value is -1.90. The highest BCUT2D eigenvalue weighted by atomic mass is 14.9. The molecule has 0 saturated carbocycles. The second-order valence-corrected chi connectivity index (χ2v) is 6.19. The topological polar surface area (TPSA) is 51.8 Å². The van der Waals surface area contributed by atoms with Gasteiger partial charge in [0.25, 0.3) is 0 Å². The number of nitrogen functional groups attached to an aromatic ring is 1. The summed E-state index contributed by atoms with van der Waals surface area (Å²) in [6, 6.07) is 10.3. The second-order valence-electron chi connectivity index (χ2n) is 6.19. The molecule has 0 radical (unpaired) electrons. The average Bonchev–Trinajstić information content (AvgIpc) is 2.37. The molecule has 1 aromatic carbocycles. The number of nitrogens with two attached hydrogens (primary N) is 1. The molecule has 0 saturated heterocycles. The maximum absolute atomic E-state index is 5.88. The van der Waals surface area contributed by atoms with Crippen LogP contribution in [0.25, 0.3) is 11.4 Å². The van der Waals surface area contributed by atoms with Crippen molar-refractivity contribution in [3.63, 3.8) is 0 Å². The summed E-state index contributed by atoms with van der Waals surface area (Å²) < 4.78 is 0. The molecule has 0 bridgehead atoms. The van der Waals surface area contributed by atoms with Crippen LogP contribution >= 0.6 is 0 Å². The van der Waals surface area contributed by atoms with E-state index in [1.807, 2.05) is 6.07 Å². The van der Waals surface area contributed by atoms with E-state index in [4.69, 9.17) is 5.73 Å². The molecule has 0 fully saturated rings. The zero-order valence-corrected chi connectivity index (χ0v) is 12.8. The number of hydrogen-bond donors (Lipinski definition) is 1. The Morgan fingerprint density at radius 2 is 1.70 bits per heavy atom. The van der Waals surface area contributed by atoms with Crippen LogP contribution in [0, 0.1) is 0 Å². The van der Waals surface area contributed by atoms with Crippen molar-refractivity contribution in [3.8, 4) is 11.4 Å². The van der Waals surface area contributed by atoms with Crippen LogP contribution in [0.5, 0.6) is 0 Å². The van der Waals surface area contributed by atoms with Gasteiger partial charge in [-0.2, -0.15) is 0 Å². The van der Waals surface area contributed by atoms with E-state index in [1.54, 1.807) is 0 Å². The molecule has 0 amide bonds. The number of aromatic nitrogens is 2. The van der Waals surface area contributed by atoms with Crippen LogP contribution in [0.2, 0.25) is 0 Å². The Bertz CT molecular complexity index is 580. The zero-order chi connectivity index (χ0) is 14.8. The number of benzene rings is 1. The average molecular weight is 269 g/mol. The van der Waals surface area contributed by atoms with E-state index in [2.05, 4.69) is 61.9 Å². The smallest absolute Gasteiger partial charge is 0.161 e. The summed E-state index contributed by atoms with van der Waals surface area (Å²) in [5.41, 5.74) is 9.36. The standard InChI is InChI=1S/C17H23N3/c1-5-6-14-11-15(18)20-16(19-14)12-7-9-13(10-8-12)17(2,3)4/h7-11H,5-6H2,1-4H3,(H2,18,19,20). The second kappa shape index (κ2) is 5.61. The molecule has 106 valence electrons. The van der Waals surface area contributed by atoms with Crippen LogP contribution in [0.15, 0.2) is 30.3 Å². The van der Waals surface area contributed by atoms with Gasteiger partial charge in [0.05, 0.1) is 0 Å². The Kier molecular flexibility index (Phi) is 4.07. The Morgan fingerprint density at radius 3 is 2.25 bits per heavy atom. The number of nitrogens with zero attached hydrogens (tertiary/aromatic N) is 2. The van der Waals surface area contributed by atoms with Crippen LogP contribution in [0.4, 0.5) is 5.82 Å². The van der Waals surface area contributed by atoms with E-state index in [1.165, 1.54) is 5.56 Å². The maximum Gasteiger partial charge on any atom is 0.161 e.